The Hall–Kier alpha value is -3.31. The van der Waals surface area contributed by atoms with Crippen molar-refractivity contribution in [3.8, 4) is 0 Å². The quantitative estimate of drug-likeness (QED) is 0.541. The van der Waals surface area contributed by atoms with Gasteiger partial charge in [-0.1, -0.05) is 16.4 Å². The zero-order valence-corrected chi connectivity index (χ0v) is 18.9. The Morgan fingerprint density at radius 3 is 2.73 bits per heavy atom. The second-order valence-corrected chi connectivity index (χ2v) is 8.84. The van der Waals surface area contributed by atoms with Gasteiger partial charge in [0.15, 0.2) is 0 Å². The molecule has 33 heavy (non-hydrogen) atoms. The molecule has 0 amide bonds. The zero-order valence-electron chi connectivity index (χ0n) is 18.9. The monoisotopic (exact) mass is 455 g/mol. The molecule has 3 aromatic heterocycles. The molecule has 11 nitrogen and oxygen atoms in total. The standard InChI is InChI=1S/C21H27N7O2.CH2O2/c1-25(12-18-5-6-30-23-18)10-16-3-4-20-17-7-15(9-28(20)21(16)29)8-27(11-17)14-19-13-26(2)24-22-19;2-1-3/h3-6,13,15,17H,7-12,14H2,1-2H3;1H,(H,2,3)/t15-,17+;/m0./s1. The van der Waals surface area contributed by atoms with Gasteiger partial charge in [-0.3, -0.25) is 24.1 Å². The van der Waals surface area contributed by atoms with Crippen molar-refractivity contribution >= 4 is 6.47 Å². The lowest BCUT2D eigenvalue weighted by Crippen LogP contribution is -2.47. The number of nitrogens with zero attached hydrogens (tertiary/aromatic N) is 7. The number of carboxylic acid groups (broad SMARTS) is 1. The summed E-state index contributed by atoms with van der Waals surface area (Å²) in [6.07, 6.45) is 4.70. The van der Waals surface area contributed by atoms with E-state index in [-0.39, 0.29) is 12.0 Å². The number of aromatic nitrogens is 5. The van der Waals surface area contributed by atoms with Crippen LogP contribution in [0.1, 0.15) is 35.0 Å². The third-order valence-electron chi connectivity index (χ3n) is 6.16. The zero-order chi connectivity index (χ0) is 23.4. The summed E-state index contributed by atoms with van der Waals surface area (Å²) in [5, 5.41) is 19.1. The number of hydrogen-bond donors (Lipinski definition) is 1. The first-order valence-corrected chi connectivity index (χ1v) is 10.9. The van der Waals surface area contributed by atoms with E-state index in [4.69, 9.17) is 14.4 Å². The second kappa shape index (κ2) is 10.1. The molecule has 5 heterocycles. The van der Waals surface area contributed by atoms with E-state index in [1.54, 1.807) is 10.9 Å². The van der Waals surface area contributed by atoms with Crippen LogP contribution < -0.4 is 5.56 Å². The van der Waals surface area contributed by atoms with Crippen LogP contribution in [0.2, 0.25) is 0 Å². The first kappa shape index (κ1) is 22.9. The molecule has 11 heteroatoms. The van der Waals surface area contributed by atoms with Gasteiger partial charge in [0.2, 0.25) is 0 Å². The highest BCUT2D eigenvalue weighted by Gasteiger charge is 2.35. The second-order valence-electron chi connectivity index (χ2n) is 8.84. The van der Waals surface area contributed by atoms with Gasteiger partial charge in [0.05, 0.1) is 11.4 Å². The molecule has 1 N–H and O–H groups in total. The Kier molecular flexibility index (Phi) is 6.99. The average Bonchev–Trinajstić information content (AvgIpc) is 3.42. The number of pyridine rings is 1. The third kappa shape index (κ3) is 5.37. The normalized spacial score (nSPS) is 19.6. The molecule has 0 aromatic carbocycles. The lowest BCUT2D eigenvalue weighted by molar-refractivity contribution is -0.122. The van der Waals surface area contributed by atoms with Crippen molar-refractivity contribution < 1.29 is 14.4 Å². The first-order valence-electron chi connectivity index (χ1n) is 10.9. The van der Waals surface area contributed by atoms with Gasteiger partial charge in [-0.15, -0.1) is 5.10 Å². The SMILES string of the molecule is CN(Cc1ccon1)Cc1ccc2n(c1=O)C[C@H]1C[C@@H]2CN(Cc2cn(C)nn2)C1.O=CO. The molecular weight excluding hydrogens is 426 g/mol. The molecular formula is C22H29N7O4. The number of piperidine rings is 1. The Balaban J connectivity index is 0.000000821. The van der Waals surface area contributed by atoms with Crippen molar-refractivity contribution in [2.45, 2.75) is 38.5 Å². The molecule has 2 aliphatic heterocycles. The van der Waals surface area contributed by atoms with Gasteiger partial charge in [-0.25, -0.2) is 0 Å². The molecule has 0 radical (unpaired) electrons. The molecule has 2 aliphatic rings. The third-order valence-corrected chi connectivity index (χ3v) is 6.16. The largest absolute Gasteiger partial charge is 0.483 e. The fourth-order valence-electron chi connectivity index (χ4n) is 4.98. The van der Waals surface area contributed by atoms with Gasteiger partial charge < -0.3 is 14.2 Å². The highest BCUT2D eigenvalue weighted by Crippen LogP contribution is 2.35. The Morgan fingerprint density at radius 2 is 2.03 bits per heavy atom. The number of hydrogen-bond acceptors (Lipinski definition) is 8. The summed E-state index contributed by atoms with van der Waals surface area (Å²) in [6, 6.07) is 6.02. The first-order chi connectivity index (χ1) is 16.0. The lowest BCUT2D eigenvalue weighted by Gasteiger charge is -2.42. The molecule has 0 spiro atoms. The van der Waals surface area contributed by atoms with Crippen LogP contribution in [0.5, 0.6) is 0 Å². The summed E-state index contributed by atoms with van der Waals surface area (Å²) < 4.78 is 8.67. The van der Waals surface area contributed by atoms with Crippen molar-refractivity contribution in [3.63, 3.8) is 0 Å². The Bertz CT molecular complexity index is 1120. The highest BCUT2D eigenvalue weighted by molar-refractivity contribution is 5.32. The summed E-state index contributed by atoms with van der Waals surface area (Å²) in [5.74, 6) is 0.887. The van der Waals surface area contributed by atoms with Crippen LogP contribution in [0.25, 0.3) is 0 Å². The summed E-state index contributed by atoms with van der Waals surface area (Å²) in [6.45, 7) is 4.56. The molecule has 5 rings (SSSR count). The predicted molar refractivity (Wildman–Crippen MR) is 118 cm³/mol. The van der Waals surface area contributed by atoms with Gasteiger partial charge in [0.25, 0.3) is 12.0 Å². The van der Waals surface area contributed by atoms with E-state index in [1.807, 2.05) is 37.0 Å². The lowest BCUT2D eigenvalue weighted by atomic mass is 9.83. The molecule has 1 saturated heterocycles. The maximum Gasteiger partial charge on any atom is 0.290 e. The van der Waals surface area contributed by atoms with E-state index in [0.717, 1.165) is 49.6 Å². The van der Waals surface area contributed by atoms with Crippen LogP contribution in [-0.2, 0) is 38.0 Å². The Morgan fingerprint density at radius 1 is 1.21 bits per heavy atom. The smallest absolute Gasteiger partial charge is 0.290 e. The molecule has 176 valence electrons. The minimum absolute atomic E-state index is 0.150. The fraction of sp³-hybridized carbons (Fsp3) is 0.500. The summed E-state index contributed by atoms with van der Waals surface area (Å²) >= 11 is 0. The van der Waals surface area contributed by atoms with Crippen LogP contribution in [0.4, 0.5) is 0 Å². The molecule has 3 aromatic rings. The molecule has 0 saturated carbocycles. The van der Waals surface area contributed by atoms with Gasteiger partial charge in [-0.2, -0.15) is 0 Å². The molecule has 1 fully saturated rings. The van der Waals surface area contributed by atoms with Crippen LogP contribution in [0.3, 0.4) is 0 Å². The number of likely N-dealkylation sites (tertiary alicyclic amines) is 1. The van der Waals surface area contributed by atoms with Crippen molar-refractivity contribution in [1.82, 2.24) is 34.5 Å². The van der Waals surface area contributed by atoms with Crippen LogP contribution in [0.15, 0.2) is 40.0 Å². The summed E-state index contributed by atoms with van der Waals surface area (Å²) in [7, 11) is 3.89. The van der Waals surface area contributed by atoms with Crippen molar-refractivity contribution in [3.05, 3.63) is 63.7 Å². The van der Waals surface area contributed by atoms with E-state index < -0.39 is 0 Å². The molecule has 0 unspecified atom stereocenters. The van der Waals surface area contributed by atoms with Gasteiger partial charge >= 0.3 is 0 Å². The maximum absolute atomic E-state index is 13.2. The number of aryl methyl sites for hydroxylation is 1. The van der Waals surface area contributed by atoms with Crippen LogP contribution in [-0.4, -0.2) is 66.2 Å². The maximum atomic E-state index is 13.2. The molecule has 0 aliphatic carbocycles. The number of fused-ring (bicyclic) bond motifs is 4. The van der Waals surface area contributed by atoms with E-state index >= 15 is 0 Å². The predicted octanol–water partition coefficient (Wildman–Crippen LogP) is 0.917. The Labute approximate surface area is 191 Å². The minimum Gasteiger partial charge on any atom is -0.483 e. The molecule has 2 bridgehead atoms. The van der Waals surface area contributed by atoms with Crippen LogP contribution in [0, 0.1) is 5.92 Å². The summed E-state index contributed by atoms with van der Waals surface area (Å²) in [4.78, 5) is 26.1. The number of carbonyl (C=O) groups is 1. The van der Waals surface area contributed by atoms with Crippen molar-refractivity contribution in [2.75, 3.05) is 20.1 Å². The minimum atomic E-state index is -0.250. The highest BCUT2D eigenvalue weighted by atomic mass is 16.5. The van der Waals surface area contributed by atoms with E-state index in [2.05, 4.69) is 31.3 Å². The molecule has 2 atom stereocenters. The number of rotatable bonds is 6. The fourth-order valence-corrected chi connectivity index (χ4v) is 4.98. The van der Waals surface area contributed by atoms with E-state index in [9.17, 15) is 4.79 Å². The van der Waals surface area contributed by atoms with Gasteiger partial charge in [0.1, 0.15) is 6.26 Å². The van der Waals surface area contributed by atoms with Gasteiger partial charge in [-0.05, 0) is 25.5 Å². The van der Waals surface area contributed by atoms with E-state index in [1.165, 1.54) is 5.69 Å². The van der Waals surface area contributed by atoms with E-state index in [0.29, 0.717) is 24.9 Å². The topological polar surface area (TPSA) is 123 Å². The van der Waals surface area contributed by atoms with Crippen molar-refractivity contribution in [2.24, 2.45) is 13.0 Å². The average molecular weight is 456 g/mol. The van der Waals surface area contributed by atoms with Crippen LogP contribution >= 0.6 is 0 Å². The van der Waals surface area contributed by atoms with Crippen molar-refractivity contribution in [1.29, 1.82) is 0 Å². The van der Waals surface area contributed by atoms with Gasteiger partial charge in [0, 0.05) is 75.8 Å². The summed E-state index contributed by atoms with van der Waals surface area (Å²) in [5.41, 5.74) is 4.02.